The molecule has 1 aliphatic rings. The summed E-state index contributed by atoms with van der Waals surface area (Å²) in [7, 11) is 0. The van der Waals surface area contributed by atoms with Crippen molar-refractivity contribution >= 4 is 0 Å². The molecule has 1 unspecified atom stereocenters. The summed E-state index contributed by atoms with van der Waals surface area (Å²) in [6.07, 6.45) is 6.60. The second kappa shape index (κ2) is 5.86. The first kappa shape index (κ1) is 13.0. The van der Waals surface area contributed by atoms with Crippen LogP contribution in [0.5, 0.6) is 0 Å². The van der Waals surface area contributed by atoms with Crippen molar-refractivity contribution < 1.29 is 0 Å². The molecule has 0 spiro atoms. The van der Waals surface area contributed by atoms with Crippen LogP contribution >= 0.6 is 0 Å². The zero-order valence-electron chi connectivity index (χ0n) is 10.8. The van der Waals surface area contributed by atoms with Gasteiger partial charge >= 0.3 is 0 Å². The molecule has 1 fully saturated rings. The highest BCUT2D eigenvalue weighted by Gasteiger charge is 2.46. The van der Waals surface area contributed by atoms with Crippen molar-refractivity contribution in [3.63, 3.8) is 0 Å². The van der Waals surface area contributed by atoms with Crippen molar-refractivity contribution in [3.8, 4) is 0 Å². The summed E-state index contributed by atoms with van der Waals surface area (Å²) in [6.45, 7) is 10.1. The Kier molecular flexibility index (Phi) is 5.07. The van der Waals surface area contributed by atoms with Gasteiger partial charge in [-0.05, 0) is 44.7 Å². The maximum absolute atomic E-state index is 6.07. The molecule has 0 saturated heterocycles. The van der Waals surface area contributed by atoms with E-state index in [1.54, 1.807) is 0 Å². The lowest BCUT2D eigenvalue weighted by Gasteiger charge is -2.43. The normalized spacial score (nSPS) is 20.6. The number of nitrogens with two attached hydrogens (primary N) is 1. The minimum Gasteiger partial charge on any atom is -0.329 e. The number of unbranched alkanes of at least 4 members (excludes halogenated alkanes) is 1. The van der Waals surface area contributed by atoms with Gasteiger partial charge in [-0.25, -0.2) is 0 Å². The van der Waals surface area contributed by atoms with E-state index in [4.69, 9.17) is 5.73 Å². The van der Waals surface area contributed by atoms with Crippen molar-refractivity contribution in [3.05, 3.63) is 0 Å². The van der Waals surface area contributed by atoms with Crippen LogP contribution in [0.4, 0.5) is 0 Å². The van der Waals surface area contributed by atoms with Crippen LogP contribution in [0.3, 0.4) is 0 Å². The van der Waals surface area contributed by atoms with Crippen LogP contribution in [0.1, 0.15) is 52.9 Å². The molecule has 0 aromatic rings. The molecule has 0 bridgehead atoms. The summed E-state index contributed by atoms with van der Waals surface area (Å²) in [6, 6.07) is 0. The molecule has 15 heavy (non-hydrogen) atoms. The van der Waals surface area contributed by atoms with E-state index in [2.05, 4.69) is 25.7 Å². The first-order chi connectivity index (χ1) is 7.25. The molecule has 0 radical (unpaired) electrons. The lowest BCUT2D eigenvalue weighted by Crippen LogP contribution is -2.55. The minimum atomic E-state index is 0.323. The van der Waals surface area contributed by atoms with Crippen molar-refractivity contribution in [2.45, 2.75) is 58.4 Å². The lowest BCUT2D eigenvalue weighted by molar-refractivity contribution is 0.0721. The molecule has 0 heterocycles. The molecule has 0 aromatic carbocycles. The van der Waals surface area contributed by atoms with E-state index in [1.165, 1.54) is 38.6 Å². The van der Waals surface area contributed by atoms with Crippen LogP contribution in [-0.4, -0.2) is 30.1 Å². The molecular formula is C13H28N2. The SMILES string of the molecule is CCCCN(CC)C(CC)(CN)C1CC1. The Morgan fingerprint density at radius 1 is 1.27 bits per heavy atom. The Labute approximate surface area is 95.2 Å². The van der Waals surface area contributed by atoms with Crippen molar-refractivity contribution in [2.75, 3.05) is 19.6 Å². The molecule has 2 nitrogen and oxygen atoms in total. The third-order valence-electron chi connectivity index (χ3n) is 4.10. The number of nitrogens with zero attached hydrogens (tertiary/aromatic N) is 1. The van der Waals surface area contributed by atoms with Gasteiger partial charge in [-0.1, -0.05) is 27.2 Å². The van der Waals surface area contributed by atoms with E-state index in [1.807, 2.05) is 0 Å². The maximum atomic E-state index is 6.07. The largest absolute Gasteiger partial charge is 0.329 e. The highest BCUT2D eigenvalue weighted by atomic mass is 15.2. The standard InChI is InChI=1S/C13H28N2/c1-4-7-10-15(6-3)13(5-2,11-14)12-8-9-12/h12H,4-11,14H2,1-3H3. The van der Waals surface area contributed by atoms with Gasteiger partial charge in [0, 0.05) is 12.1 Å². The van der Waals surface area contributed by atoms with Crippen LogP contribution in [0.25, 0.3) is 0 Å². The van der Waals surface area contributed by atoms with Gasteiger partial charge in [0.25, 0.3) is 0 Å². The smallest absolute Gasteiger partial charge is 0.0357 e. The van der Waals surface area contributed by atoms with Gasteiger partial charge in [-0.2, -0.15) is 0 Å². The minimum absolute atomic E-state index is 0.323. The van der Waals surface area contributed by atoms with Crippen LogP contribution in [0.15, 0.2) is 0 Å². The third kappa shape index (κ3) is 2.73. The first-order valence-corrected chi connectivity index (χ1v) is 6.70. The van der Waals surface area contributed by atoms with Gasteiger partial charge in [-0.3, -0.25) is 4.90 Å². The Balaban J connectivity index is 2.65. The van der Waals surface area contributed by atoms with E-state index >= 15 is 0 Å². The maximum Gasteiger partial charge on any atom is 0.0357 e. The Hall–Kier alpha value is -0.0800. The molecule has 1 atom stereocenters. The molecule has 0 aliphatic heterocycles. The van der Waals surface area contributed by atoms with Crippen LogP contribution < -0.4 is 5.73 Å². The van der Waals surface area contributed by atoms with Gasteiger partial charge in [0.1, 0.15) is 0 Å². The van der Waals surface area contributed by atoms with Gasteiger partial charge in [0.2, 0.25) is 0 Å². The Morgan fingerprint density at radius 2 is 1.93 bits per heavy atom. The van der Waals surface area contributed by atoms with Crippen molar-refractivity contribution in [1.29, 1.82) is 0 Å². The van der Waals surface area contributed by atoms with Crippen molar-refractivity contribution in [2.24, 2.45) is 11.7 Å². The highest BCUT2D eigenvalue weighted by Crippen LogP contribution is 2.44. The second-order valence-electron chi connectivity index (χ2n) is 4.87. The Morgan fingerprint density at radius 3 is 2.27 bits per heavy atom. The lowest BCUT2D eigenvalue weighted by atomic mass is 9.87. The molecule has 2 heteroatoms. The number of rotatable bonds is 8. The van der Waals surface area contributed by atoms with Crippen LogP contribution in [0, 0.1) is 5.92 Å². The quantitative estimate of drug-likeness (QED) is 0.670. The molecular weight excluding hydrogens is 184 g/mol. The predicted octanol–water partition coefficient (Wildman–Crippen LogP) is 2.63. The van der Waals surface area contributed by atoms with E-state index in [0.717, 1.165) is 19.0 Å². The van der Waals surface area contributed by atoms with Crippen LogP contribution in [-0.2, 0) is 0 Å². The fraction of sp³-hybridized carbons (Fsp3) is 1.00. The average molecular weight is 212 g/mol. The topological polar surface area (TPSA) is 29.3 Å². The van der Waals surface area contributed by atoms with E-state index in [-0.39, 0.29) is 0 Å². The number of likely N-dealkylation sites (N-methyl/N-ethyl adjacent to an activating group) is 1. The summed E-state index contributed by atoms with van der Waals surface area (Å²) >= 11 is 0. The molecule has 90 valence electrons. The third-order valence-corrected chi connectivity index (χ3v) is 4.10. The molecule has 2 N–H and O–H groups in total. The van der Waals surface area contributed by atoms with Gasteiger partial charge in [0.05, 0.1) is 0 Å². The molecule has 1 rings (SSSR count). The monoisotopic (exact) mass is 212 g/mol. The molecule has 0 amide bonds. The molecule has 1 saturated carbocycles. The zero-order valence-corrected chi connectivity index (χ0v) is 10.8. The van der Waals surface area contributed by atoms with E-state index in [9.17, 15) is 0 Å². The first-order valence-electron chi connectivity index (χ1n) is 6.70. The number of hydrogen-bond acceptors (Lipinski definition) is 2. The fourth-order valence-corrected chi connectivity index (χ4v) is 2.88. The summed E-state index contributed by atoms with van der Waals surface area (Å²) in [5.74, 6) is 0.879. The van der Waals surface area contributed by atoms with Gasteiger partial charge < -0.3 is 5.73 Å². The predicted molar refractivity (Wildman–Crippen MR) is 67.0 cm³/mol. The number of hydrogen-bond donors (Lipinski definition) is 1. The van der Waals surface area contributed by atoms with Crippen molar-refractivity contribution in [1.82, 2.24) is 4.90 Å². The van der Waals surface area contributed by atoms with E-state index < -0.39 is 0 Å². The van der Waals surface area contributed by atoms with Crippen LogP contribution in [0.2, 0.25) is 0 Å². The van der Waals surface area contributed by atoms with Gasteiger partial charge in [-0.15, -0.1) is 0 Å². The summed E-state index contributed by atoms with van der Waals surface area (Å²) in [5.41, 5.74) is 6.39. The summed E-state index contributed by atoms with van der Waals surface area (Å²) in [5, 5.41) is 0. The molecule has 0 aromatic heterocycles. The Bertz CT molecular complexity index is 171. The molecule has 1 aliphatic carbocycles. The summed E-state index contributed by atoms with van der Waals surface area (Å²) in [4.78, 5) is 2.65. The average Bonchev–Trinajstić information content (AvgIpc) is 3.09. The van der Waals surface area contributed by atoms with E-state index in [0.29, 0.717) is 5.54 Å². The van der Waals surface area contributed by atoms with Gasteiger partial charge in [0.15, 0.2) is 0 Å². The summed E-state index contributed by atoms with van der Waals surface area (Å²) < 4.78 is 0. The fourth-order valence-electron chi connectivity index (χ4n) is 2.88. The second-order valence-corrected chi connectivity index (χ2v) is 4.87. The highest BCUT2D eigenvalue weighted by molar-refractivity contribution is 5.02. The zero-order chi connectivity index (χ0) is 11.3.